The van der Waals surface area contributed by atoms with Gasteiger partial charge in [0.25, 0.3) is 0 Å². The highest BCUT2D eigenvalue weighted by molar-refractivity contribution is 5.84. The van der Waals surface area contributed by atoms with E-state index in [0.717, 1.165) is 26.2 Å². The van der Waals surface area contributed by atoms with Gasteiger partial charge in [-0.3, -0.25) is 19.4 Å². The summed E-state index contributed by atoms with van der Waals surface area (Å²) >= 11 is 0. The van der Waals surface area contributed by atoms with Crippen molar-refractivity contribution in [2.45, 2.75) is 32.7 Å². The van der Waals surface area contributed by atoms with Crippen molar-refractivity contribution < 1.29 is 9.59 Å². The second kappa shape index (κ2) is 6.48. The largest absolute Gasteiger partial charge is 0.341 e. The molecule has 5 nitrogen and oxygen atoms in total. The Morgan fingerprint density at radius 3 is 2.16 bits per heavy atom. The Morgan fingerprint density at radius 2 is 1.63 bits per heavy atom. The predicted octanol–water partition coefficient (Wildman–Crippen LogP) is 0.204. The fraction of sp³-hybridized carbons (Fsp3) is 0.857. The van der Waals surface area contributed by atoms with Crippen molar-refractivity contribution in [1.82, 2.24) is 14.7 Å². The van der Waals surface area contributed by atoms with Gasteiger partial charge >= 0.3 is 0 Å². The summed E-state index contributed by atoms with van der Waals surface area (Å²) in [4.78, 5) is 29.8. The number of Topliss-reactive ketones (excluding diaryl/α,β-unsaturated/α-hetero) is 1. The van der Waals surface area contributed by atoms with Gasteiger partial charge < -0.3 is 4.90 Å². The quantitative estimate of drug-likeness (QED) is 0.733. The van der Waals surface area contributed by atoms with Crippen LogP contribution in [0.2, 0.25) is 0 Å². The van der Waals surface area contributed by atoms with E-state index in [2.05, 4.69) is 23.6 Å². The van der Waals surface area contributed by atoms with Crippen LogP contribution >= 0.6 is 0 Å². The molecule has 0 aromatic heterocycles. The van der Waals surface area contributed by atoms with Crippen molar-refractivity contribution in [3.05, 3.63) is 0 Å². The van der Waals surface area contributed by atoms with E-state index in [-0.39, 0.29) is 11.7 Å². The van der Waals surface area contributed by atoms with Crippen molar-refractivity contribution in [1.29, 1.82) is 0 Å². The number of piperidine rings is 1. The molecule has 19 heavy (non-hydrogen) atoms. The summed E-state index contributed by atoms with van der Waals surface area (Å²) in [6.45, 7) is 10.2. The topological polar surface area (TPSA) is 43.9 Å². The lowest BCUT2D eigenvalue weighted by atomic mass is 10.1. The number of piperazine rings is 1. The van der Waals surface area contributed by atoms with Gasteiger partial charge in [0.05, 0.1) is 6.54 Å². The molecule has 2 aliphatic rings. The molecule has 2 heterocycles. The van der Waals surface area contributed by atoms with Crippen LogP contribution in [0, 0.1) is 0 Å². The summed E-state index contributed by atoms with van der Waals surface area (Å²) in [5.41, 5.74) is 0. The summed E-state index contributed by atoms with van der Waals surface area (Å²) in [5.74, 6) is 0.472. The van der Waals surface area contributed by atoms with E-state index in [1.54, 1.807) is 0 Å². The summed E-state index contributed by atoms with van der Waals surface area (Å²) in [7, 11) is 0. The SMILES string of the molecule is CC(C)N1CCN(CC(=O)N2CCC(=O)CC2)CC1. The highest BCUT2D eigenvalue weighted by Crippen LogP contribution is 2.09. The Hall–Kier alpha value is -0.940. The van der Waals surface area contributed by atoms with E-state index in [1.807, 2.05) is 4.90 Å². The lowest BCUT2D eigenvalue weighted by molar-refractivity contribution is -0.135. The molecule has 0 N–H and O–H groups in total. The standard InChI is InChI=1S/C14H25N3O2/c1-12(2)16-9-7-15(8-10-16)11-14(19)17-5-3-13(18)4-6-17/h12H,3-11H2,1-2H3. The first-order valence-electron chi connectivity index (χ1n) is 7.32. The molecule has 2 aliphatic heterocycles. The predicted molar refractivity (Wildman–Crippen MR) is 74.0 cm³/mol. The van der Waals surface area contributed by atoms with Gasteiger partial charge in [-0.2, -0.15) is 0 Å². The molecule has 0 aromatic carbocycles. The third-order valence-corrected chi connectivity index (χ3v) is 4.17. The highest BCUT2D eigenvalue weighted by atomic mass is 16.2. The second-order valence-electron chi connectivity index (χ2n) is 5.83. The molecule has 108 valence electrons. The Labute approximate surface area is 115 Å². The van der Waals surface area contributed by atoms with Crippen molar-refractivity contribution in [3.8, 4) is 0 Å². The summed E-state index contributed by atoms with van der Waals surface area (Å²) in [6.07, 6.45) is 1.07. The van der Waals surface area contributed by atoms with E-state index >= 15 is 0 Å². The fourth-order valence-electron chi connectivity index (χ4n) is 2.73. The maximum absolute atomic E-state index is 12.1. The maximum atomic E-state index is 12.1. The zero-order valence-electron chi connectivity index (χ0n) is 12.1. The Morgan fingerprint density at radius 1 is 1.05 bits per heavy atom. The summed E-state index contributed by atoms with van der Waals surface area (Å²) in [6, 6.07) is 0.589. The van der Waals surface area contributed by atoms with Crippen LogP contribution in [0.25, 0.3) is 0 Å². The monoisotopic (exact) mass is 267 g/mol. The number of amides is 1. The minimum absolute atomic E-state index is 0.186. The average molecular weight is 267 g/mol. The minimum atomic E-state index is 0.186. The number of carbonyl (C=O) groups excluding carboxylic acids is 2. The van der Waals surface area contributed by atoms with Crippen LogP contribution in [0.1, 0.15) is 26.7 Å². The summed E-state index contributed by atoms with van der Waals surface area (Å²) in [5, 5.41) is 0. The molecule has 0 unspecified atom stereocenters. The molecular weight excluding hydrogens is 242 g/mol. The third-order valence-electron chi connectivity index (χ3n) is 4.17. The number of carbonyl (C=O) groups is 2. The van der Waals surface area contributed by atoms with Gasteiger partial charge in [-0.15, -0.1) is 0 Å². The van der Waals surface area contributed by atoms with Gasteiger partial charge in [-0.05, 0) is 13.8 Å². The van der Waals surface area contributed by atoms with Crippen LogP contribution in [0.3, 0.4) is 0 Å². The van der Waals surface area contributed by atoms with Gasteiger partial charge in [-0.1, -0.05) is 0 Å². The van der Waals surface area contributed by atoms with Gasteiger partial charge in [0, 0.05) is 58.2 Å². The Balaban J connectivity index is 1.73. The average Bonchev–Trinajstić information content (AvgIpc) is 2.40. The third kappa shape index (κ3) is 4.01. The molecule has 0 atom stereocenters. The van der Waals surface area contributed by atoms with Crippen LogP contribution in [0.15, 0.2) is 0 Å². The maximum Gasteiger partial charge on any atom is 0.236 e. The van der Waals surface area contributed by atoms with Gasteiger partial charge in [0.1, 0.15) is 5.78 Å². The van der Waals surface area contributed by atoms with Crippen LogP contribution < -0.4 is 0 Å². The van der Waals surface area contributed by atoms with Crippen LogP contribution in [0.5, 0.6) is 0 Å². The molecule has 5 heteroatoms. The van der Waals surface area contributed by atoms with Crippen molar-refractivity contribution >= 4 is 11.7 Å². The molecule has 0 radical (unpaired) electrons. The number of nitrogens with zero attached hydrogens (tertiary/aromatic N) is 3. The Kier molecular flexibility index (Phi) is 4.93. The number of likely N-dealkylation sites (tertiary alicyclic amines) is 1. The van der Waals surface area contributed by atoms with E-state index in [9.17, 15) is 9.59 Å². The van der Waals surface area contributed by atoms with Gasteiger partial charge in [-0.25, -0.2) is 0 Å². The van der Waals surface area contributed by atoms with Crippen LogP contribution in [-0.2, 0) is 9.59 Å². The molecular formula is C14H25N3O2. The molecule has 0 spiro atoms. The van der Waals surface area contributed by atoms with Crippen molar-refractivity contribution in [2.75, 3.05) is 45.8 Å². The van der Waals surface area contributed by atoms with Crippen LogP contribution in [-0.4, -0.2) is 78.2 Å². The summed E-state index contributed by atoms with van der Waals surface area (Å²) < 4.78 is 0. The van der Waals surface area contributed by atoms with Crippen molar-refractivity contribution in [3.63, 3.8) is 0 Å². The highest BCUT2D eigenvalue weighted by Gasteiger charge is 2.24. The Bertz CT molecular complexity index is 326. The second-order valence-corrected chi connectivity index (χ2v) is 5.83. The van der Waals surface area contributed by atoms with Gasteiger partial charge in [0.15, 0.2) is 0 Å². The zero-order chi connectivity index (χ0) is 13.8. The van der Waals surface area contributed by atoms with E-state index in [4.69, 9.17) is 0 Å². The number of ketones is 1. The molecule has 2 fully saturated rings. The minimum Gasteiger partial charge on any atom is -0.341 e. The molecule has 2 rings (SSSR count). The molecule has 1 amide bonds. The van der Waals surface area contributed by atoms with E-state index in [1.165, 1.54) is 0 Å². The molecule has 0 bridgehead atoms. The molecule has 2 saturated heterocycles. The number of hydrogen-bond donors (Lipinski definition) is 0. The lowest BCUT2D eigenvalue weighted by Gasteiger charge is -2.37. The first-order valence-corrected chi connectivity index (χ1v) is 7.32. The molecule has 0 aliphatic carbocycles. The smallest absolute Gasteiger partial charge is 0.236 e. The number of rotatable bonds is 3. The fourth-order valence-corrected chi connectivity index (χ4v) is 2.73. The lowest BCUT2D eigenvalue weighted by Crippen LogP contribution is -2.52. The number of hydrogen-bond acceptors (Lipinski definition) is 4. The molecule has 0 aromatic rings. The molecule has 0 saturated carbocycles. The van der Waals surface area contributed by atoms with E-state index < -0.39 is 0 Å². The first kappa shape index (κ1) is 14.5. The zero-order valence-corrected chi connectivity index (χ0v) is 12.1. The van der Waals surface area contributed by atoms with Crippen LogP contribution in [0.4, 0.5) is 0 Å². The first-order chi connectivity index (χ1) is 9.06. The normalized spacial score (nSPS) is 23.1. The van der Waals surface area contributed by atoms with Crippen molar-refractivity contribution in [2.24, 2.45) is 0 Å². The van der Waals surface area contributed by atoms with Gasteiger partial charge in [0.2, 0.25) is 5.91 Å². The van der Waals surface area contributed by atoms with E-state index in [0.29, 0.717) is 38.5 Å².